The highest BCUT2D eigenvalue weighted by atomic mass is 35.5. The van der Waals surface area contributed by atoms with Gasteiger partial charge in [0.05, 0.1) is 12.3 Å². The number of hydrogen-bond donors (Lipinski definition) is 1. The fourth-order valence-electron chi connectivity index (χ4n) is 1.01. The fourth-order valence-corrected chi connectivity index (χ4v) is 2.07. The van der Waals surface area contributed by atoms with Gasteiger partial charge in [0.2, 0.25) is 0 Å². The van der Waals surface area contributed by atoms with Crippen molar-refractivity contribution in [1.82, 2.24) is 0 Å². The van der Waals surface area contributed by atoms with Crippen LogP contribution >= 0.6 is 22.9 Å². The standard InChI is InChI=1S/C10H14ClNO2S/c1-3-4-5-14-10(13)12-8-7(2)6-15-9(8)11/h6H,3-5H2,1-2H3,(H,12,13). The lowest BCUT2D eigenvalue weighted by Gasteiger charge is -2.06. The Morgan fingerprint density at radius 2 is 2.40 bits per heavy atom. The number of thiophene rings is 1. The van der Waals surface area contributed by atoms with E-state index in [0.717, 1.165) is 18.4 Å². The minimum absolute atomic E-state index is 0.438. The van der Waals surface area contributed by atoms with Gasteiger partial charge in [0.15, 0.2) is 0 Å². The highest BCUT2D eigenvalue weighted by Crippen LogP contribution is 2.32. The Labute approximate surface area is 98.4 Å². The Bertz CT molecular complexity index is 319. The van der Waals surface area contributed by atoms with E-state index in [0.29, 0.717) is 16.6 Å². The van der Waals surface area contributed by atoms with Crippen molar-refractivity contribution in [2.24, 2.45) is 0 Å². The predicted octanol–water partition coefficient (Wildman–Crippen LogP) is 4.06. The fraction of sp³-hybridized carbons (Fsp3) is 0.500. The van der Waals surface area contributed by atoms with Crippen molar-refractivity contribution in [3.63, 3.8) is 0 Å². The first-order valence-corrected chi connectivity index (χ1v) is 6.08. The third kappa shape index (κ3) is 3.72. The summed E-state index contributed by atoms with van der Waals surface area (Å²) in [4.78, 5) is 11.3. The SMILES string of the molecule is CCCCOC(=O)Nc1c(C)csc1Cl. The van der Waals surface area contributed by atoms with E-state index in [9.17, 15) is 4.79 Å². The zero-order valence-corrected chi connectivity index (χ0v) is 10.4. The predicted molar refractivity (Wildman–Crippen MR) is 63.9 cm³/mol. The number of carbonyl (C=O) groups is 1. The lowest BCUT2D eigenvalue weighted by atomic mass is 10.3. The minimum Gasteiger partial charge on any atom is -0.449 e. The van der Waals surface area contributed by atoms with Crippen LogP contribution in [-0.2, 0) is 4.74 Å². The smallest absolute Gasteiger partial charge is 0.411 e. The molecular weight excluding hydrogens is 234 g/mol. The monoisotopic (exact) mass is 247 g/mol. The van der Waals surface area contributed by atoms with Crippen LogP contribution in [0.15, 0.2) is 5.38 Å². The van der Waals surface area contributed by atoms with Gasteiger partial charge in [0, 0.05) is 0 Å². The summed E-state index contributed by atoms with van der Waals surface area (Å²) < 4.78 is 5.54. The summed E-state index contributed by atoms with van der Waals surface area (Å²) in [5, 5.41) is 4.53. The number of aryl methyl sites for hydroxylation is 1. The van der Waals surface area contributed by atoms with Crippen molar-refractivity contribution in [1.29, 1.82) is 0 Å². The maximum atomic E-state index is 11.3. The molecule has 0 aliphatic heterocycles. The number of unbranched alkanes of at least 4 members (excludes halogenated alkanes) is 1. The summed E-state index contributed by atoms with van der Waals surface area (Å²) in [5.41, 5.74) is 1.61. The topological polar surface area (TPSA) is 38.3 Å². The molecule has 0 atom stereocenters. The summed E-state index contributed by atoms with van der Waals surface area (Å²) >= 11 is 7.30. The summed E-state index contributed by atoms with van der Waals surface area (Å²) in [6, 6.07) is 0. The van der Waals surface area contributed by atoms with Gasteiger partial charge in [0.25, 0.3) is 0 Å². The number of nitrogens with one attached hydrogen (secondary N) is 1. The molecule has 0 spiro atoms. The molecule has 1 heterocycles. The Balaban J connectivity index is 2.44. The number of hydrogen-bond acceptors (Lipinski definition) is 3. The largest absolute Gasteiger partial charge is 0.449 e. The highest BCUT2D eigenvalue weighted by Gasteiger charge is 2.10. The van der Waals surface area contributed by atoms with Crippen molar-refractivity contribution in [3.8, 4) is 0 Å². The highest BCUT2D eigenvalue weighted by molar-refractivity contribution is 7.15. The van der Waals surface area contributed by atoms with Gasteiger partial charge in [-0.25, -0.2) is 4.79 Å². The van der Waals surface area contributed by atoms with Crippen LogP contribution in [0.3, 0.4) is 0 Å². The van der Waals surface area contributed by atoms with E-state index in [2.05, 4.69) is 5.32 Å². The Kier molecular flexibility index (Phi) is 4.91. The van der Waals surface area contributed by atoms with Crippen LogP contribution in [0.25, 0.3) is 0 Å². The first kappa shape index (κ1) is 12.3. The zero-order chi connectivity index (χ0) is 11.3. The number of anilines is 1. The van der Waals surface area contributed by atoms with Gasteiger partial charge in [-0.15, -0.1) is 11.3 Å². The van der Waals surface area contributed by atoms with Gasteiger partial charge >= 0.3 is 6.09 Å². The summed E-state index contributed by atoms with van der Waals surface area (Å²) in [5.74, 6) is 0. The normalized spacial score (nSPS) is 10.1. The number of ether oxygens (including phenoxy) is 1. The maximum Gasteiger partial charge on any atom is 0.411 e. The number of carbonyl (C=O) groups excluding carboxylic acids is 1. The van der Waals surface area contributed by atoms with Crippen LogP contribution in [0.2, 0.25) is 4.34 Å². The van der Waals surface area contributed by atoms with Gasteiger partial charge in [-0.3, -0.25) is 5.32 Å². The molecule has 0 radical (unpaired) electrons. The van der Waals surface area contributed by atoms with E-state index >= 15 is 0 Å². The van der Waals surface area contributed by atoms with Gasteiger partial charge in [0.1, 0.15) is 4.34 Å². The third-order valence-corrected chi connectivity index (χ3v) is 3.23. The average molecular weight is 248 g/mol. The van der Waals surface area contributed by atoms with Crippen molar-refractivity contribution < 1.29 is 9.53 Å². The van der Waals surface area contributed by atoms with Crippen LogP contribution in [-0.4, -0.2) is 12.7 Å². The molecule has 15 heavy (non-hydrogen) atoms. The molecule has 1 N–H and O–H groups in total. The third-order valence-electron chi connectivity index (χ3n) is 1.89. The number of halogens is 1. The molecule has 0 aromatic carbocycles. The second kappa shape index (κ2) is 5.98. The number of amides is 1. The molecule has 1 aromatic heterocycles. The Hall–Kier alpha value is -0.740. The average Bonchev–Trinajstić information content (AvgIpc) is 2.50. The van der Waals surface area contributed by atoms with E-state index < -0.39 is 6.09 Å². The molecule has 3 nitrogen and oxygen atoms in total. The zero-order valence-electron chi connectivity index (χ0n) is 8.80. The molecule has 0 aliphatic rings. The van der Waals surface area contributed by atoms with E-state index in [1.807, 2.05) is 19.2 Å². The van der Waals surface area contributed by atoms with Gasteiger partial charge in [-0.2, -0.15) is 0 Å². The van der Waals surface area contributed by atoms with Crippen LogP contribution in [0.4, 0.5) is 10.5 Å². The van der Waals surface area contributed by atoms with E-state index in [1.54, 1.807) is 0 Å². The quantitative estimate of drug-likeness (QED) is 0.815. The molecule has 5 heteroatoms. The maximum absolute atomic E-state index is 11.3. The molecule has 84 valence electrons. The first-order chi connectivity index (χ1) is 7.15. The van der Waals surface area contributed by atoms with Crippen LogP contribution in [0.1, 0.15) is 25.3 Å². The van der Waals surface area contributed by atoms with E-state index in [-0.39, 0.29) is 0 Å². The van der Waals surface area contributed by atoms with Crippen molar-refractivity contribution in [2.45, 2.75) is 26.7 Å². The van der Waals surface area contributed by atoms with Crippen molar-refractivity contribution >= 4 is 34.7 Å². The van der Waals surface area contributed by atoms with Crippen LogP contribution in [0.5, 0.6) is 0 Å². The first-order valence-electron chi connectivity index (χ1n) is 4.82. The minimum atomic E-state index is -0.438. The van der Waals surface area contributed by atoms with E-state index in [1.165, 1.54) is 11.3 Å². The molecule has 1 aromatic rings. The van der Waals surface area contributed by atoms with Gasteiger partial charge < -0.3 is 4.74 Å². The summed E-state index contributed by atoms with van der Waals surface area (Å²) in [6.07, 6.45) is 1.45. The number of rotatable bonds is 4. The molecule has 0 bridgehead atoms. The lowest BCUT2D eigenvalue weighted by molar-refractivity contribution is 0.160. The molecule has 0 unspecified atom stereocenters. The van der Waals surface area contributed by atoms with Crippen LogP contribution in [0, 0.1) is 6.92 Å². The summed E-state index contributed by atoms with van der Waals surface area (Å²) in [6.45, 7) is 4.38. The van der Waals surface area contributed by atoms with Crippen molar-refractivity contribution in [2.75, 3.05) is 11.9 Å². The second-order valence-corrected chi connectivity index (χ2v) is 4.66. The second-order valence-electron chi connectivity index (χ2n) is 3.18. The van der Waals surface area contributed by atoms with Gasteiger partial charge in [-0.05, 0) is 24.3 Å². The molecule has 0 saturated carbocycles. The van der Waals surface area contributed by atoms with Gasteiger partial charge in [-0.1, -0.05) is 24.9 Å². The molecular formula is C10H14ClNO2S. The molecule has 1 amide bonds. The molecule has 1 rings (SSSR count). The van der Waals surface area contributed by atoms with Crippen LogP contribution < -0.4 is 5.32 Å². The summed E-state index contributed by atoms with van der Waals surface area (Å²) in [7, 11) is 0. The van der Waals surface area contributed by atoms with E-state index in [4.69, 9.17) is 16.3 Å². The lowest BCUT2D eigenvalue weighted by Crippen LogP contribution is -2.14. The van der Waals surface area contributed by atoms with Crippen molar-refractivity contribution in [3.05, 3.63) is 15.3 Å². The molecule has 0 fully saturated rings. The Morgan fingerprint density at radius 3 is 2.93 bits per heavy atom. The Morgan fingerprint density at radius 1 is 1.67 bits per heavy atom. The molecule has 0 aliphatic carbocycles. The molecule has 0 saturated heterocycles.